The van der Waals surface area contributed by atoms with Crippen molar-refractivity contribution in [2.75, 3.05) is 26.9 Å². The number of hydrogen-bond donors (Lipinski definition) is 1. The molecule has 1 heterocycles. The van der Waals surface area contributed by atoms with Gasteiger partial charge in [-0.1, -0.05) is 76.6 Å². The normalized spacial score (nSPS) is 14.4. The minimum atomic E-state index is -1.11. The van der Waals surface area contributed by atoms with Gasteiger partial charge in [-0.3, -0.25) is 0 Å². The van der Waals surface area contributed by atoms with Gasteiger partial charge in [0.2, 0.25) is 0 Å². The number of pyridine rings is 1. The maximum Gasteiger partial charge on any atom is 0.102 e. The Morgan fingerprint density at radius 1 is 0.970 bits per heavy atom. The Bertz CT molecular complexity index is 1220. The Morgan fingerprint density at radius 3 is 2.27 bits per heavy atom. The van der Waals surface area contributed by atoms with Crippen molar-refractivity contribution in [2.24, 2.45) is 0 Å². The van der Waals surface area contributed by atoms with Gasteiger partial charge < -0.3 is 10.0 Å². The van der Waals surface area contributed by atoms with Gasteiger partial charge in [0.25, 0.3) is 0 Å². The van der Waals surface area contributed by atoms with E-state index in [-0.39, 0.29) is 5.92 Å². The monoisotopic (exact) mass is 520 g/mol. The number of thioether (sulfide) groups is 1. The molecule has 0 fully saturated rings. The second kappa shape index (κ2) is 10.4. The van der Waals surface area contributed by atoms with Crippen LogP contribution in [0.4, 0.5) is 0 Å². The number of benzene rings is 3. The minimum Gasteiger partial charge on any atom is -0.384 e. The van der Waals surface area contributed by atoms with Gasteiger partial charge >= 0.3 is 0 Å². The molecule has 4 rings (SSSR count). The molecule has 3 nitrogen and oxygen atoms in total. The van der Waals surface area contributed by atoms with E-state index < -0.39 is 5.60 Å². The first kappa shape index (κ1) is 24.0. The second-order valence-electron chi connectivity index (χ2n) is 8.61. The molecule has 0 saturated carbocycles. The summed E-state index contributed by atoms with van der Waals surface area (Å²) in [5, 5.41) is 14.6. The summed E-state index contributed by atoms with van der Waals surface area (Å²) >= 11 is 5.23. The summed E-state index contributed by atoms with van der Waals surface area (Å²) in [6.07, 6.45) is 2.65. The molecular formula is C28H29BrN2OS. The molecule has 3 aromatic carbocycles. The van der Waals surface area contributed by atoms with E-state index in [1.54, 1.807) is 11.8 Å². The molecule has 2 atom stereocenters. The Morgan fingerprint density at radius 2 is 1.64 bits per heavy atom. The van der Waals surface area contributed by atoms with E-state index in [4.69, 9.17) is 4.98 Å². The van der Waals surface area contributed by atoms with Crippen molar-refractivity contribution >= 4 is 38.6 Å². The lowest BCUT2D eigenvalue weighted by Crippen LogP contribution is -2.37. The van der Waals surface area contributed by atoms with Crippen LogP contribution in [0.1, 0.15) is 29.0 Å². The van der Waals surface area contributed by atoms with E-state index in [9.17, 15) is 5.11 Å². The molecule has 0 aliphatic heterocycles. The van der Waals surface area contributed by atoms with Crippen LogP contribution in [0.2, 0.25) is 0 Å². The summed E-state index contributed by atoms with van der Waals surface area (Å²) in [4.78, 5) is 7.13. The highest BCUT2D eigenvalue weighted by molar-refractivity contribution is 9.10. The third-order valence-electron chi connectivity index (χ3n) is 6.10. The fourth-order valence-corrected chi connectivity index (χ4v) is 5.43. The van der Waals surface area contributed by atoms with Gasteiger partial charge in [-0.25, -0.2) is 4.98 Å². The van der Waals surface area contributed by atoms with Crippen molar-refractivity contribution < 1.29 is 5.11 Å². The maximum absolute atomic E-state index is 12.6. The number of hydrogen-bond acceptors (Lipinski definition) is 4. The highest BCUT2D eigenvalue weighted by atomic mass is 79.9. The molecule has 0 radical (unpaired) electrons. The second-order valence-corrected chi connectivity index (χ2v) is 10.3. The molecule has 0 saturated heterocycles. The van der Waals surface area contributed by atoms with Gasteiger partial charge in [-0.2, -0.15) is 0 Å². The summed E-state index contributed by atoms with van der Waals surface area (Å²) in [6.45, 7) is 0.760. The van der Waals surface area contributed by atoms with Gasteiger partial charge in [0.05, 0.1) is 5.52 Å². The molecule has 0 bridgehead atoms. The van der Waals surface area contributed by atoms with Crippen LogP contribution in [0, 0.1) is 0 Å². The first-order chi connectivity index (χ1) is 15.9. The van der Waals surface area contributed by atoms with Crippen LogP contribution in [0.15, 0.2) is 94.4 Å². The van der Waals surface area contributed by atoms with Crippen LogP contribution in [-0.4, -0.2) is 41.9 Å². The van der Waals surface area contributed by atoms with Crippen LogP contribution in [0.3, 0.4) is 0 Å². The summed E-state index contributed by atoms with van der Waals surface area (Å²) in [5.41, 5.74) is 2.88. The molecule has 1 aromatic heterocycles. The van der Waals surface area contributed by atoms with Crippen LogP contribution in [0.25, 0.3) is 10.9 Å². The maximum atomic E-state index is 12.6. The largest absolute Gasteiger partial charge is 0.384 e. The van der Waals surface area contributed by atoms with Crippen molar-refractivity contribution in [1.29, 1.82) is 0 Å². The molecule has 5 heteroatoms. The molecule has 0 aliphatic carbocycles. The highest BCUT2D eigenvalue weighted by Crippen LogP contribution is 2.47. The summed E-state index contributed by atoms with van der Waals surface area (Å²) in [6, 6.07) is 28.8. The van der Waals surface area contributed by atoms with E-state index >= 15 is 0 Å². The van der Waals surface area contributed by atoms with Gasteiger partial charge in [0.15, 0.2) is 0 Å². The molecule has 0 amide bonds. The van der Waals surface area contributed by atoms with Gasteiger partial charge in [-0.15, -0.1) is 11.8 Å². The standard InChI is InChI=1S/C28H29BrN2OS/c1-31(2)17-16-28(32,22-12-8-5-9-13-22)26(20-10-6-4-7-11-20)24-19-21-18-23(29)14-15-25(21)30-27(24)33-3/h4-15,18-19,26,32H,16-17H2,1-3H3/t26-,28+/m1/s1. The first-order valence-corrected chi connectivity index (χ1v) is 13.1. The number of aromatic nitrogens is 1. The number of rotatable bonds is 8. The van der Waals surface area contributed by atoms with Crippen molar-refractivity contribution in [3.63, 3.8) is 0 Å². The smallest absolute Gasteiger partial charge is 0.102 e. The average Bonchev–Trinajstić information content (AvgIpc) is 2.83. The van der Waals surface area contributed by atoms with Crippen molar-refractivity contribution in [3.8, 4) is 0 Å². The number of halogens is 1. The molecule has 4 aromatic rings. The third kappa shape index (κ3) is 5.17. The zero-order chi connectivity index (χ0) is 23.4. The van der Waals surface area contributed by atoms with Crippen LogP contribution < -0.4 is 0 Å². The molecule has 1 N–H and O–H groups in total. The molecule has 170 valence electrons. The first-order valence-electron chi connectivity index (χ1n) is 11.0. The van der Waals surface area contributed by atoms with E-state index in [0.717, 1.165) is 43.6 Å². The Balaban J connectivity index is 2.00. The fourth-order valence-electron chi connectivity index (χ4n) is 4.45. The van der Waals surface area contributed by atoms with E-state index in [2.05, 4.69) is 51.4 Å². The van der Waals surface area contributed by atoms with Crippen LogP contribution in [0.5, 0.6) is 0 Å². The van der Waals surface area contributed by atoms with Gasteiger partial charge in [-0.05, 0) is 67.7 Å². The lowest BCUT2D eigenvalue weighted by atomic mass is 9.72. The van der Waals surface area contributed by atoms with Crippen molar-refractivity contribution in [2.45, 2.75) is 23.0 Å². The van der Waals surface area contributed by atoms with Crippen molar-refractivity contribution in [1.82, 2.24) is 9.88 Å². The summed E-state index contributed by atoms with van der Waals surface area (Å²) in [7, 11) is 4.09. The Kier molecular flexibility index (Phi) is 7.55. The zero-order valence-electron chi connectivity index (χ0n) is 19.2. The van der Waals surface area contributed by atoms with Crippen LogP contribution in [-0.2, 0) is 5.60 Å². The predicted octanol–water partition coefficient (Wildman–Crippen LogP) is 6.69. The van der Waals surface area contributed by atoms with E-state index in [1.807, 2.05) is 74.8 Å². The summed E-state index contributed by atoms with van der Waals surface area (Å²) < 4.78 is 1.02. The molecule has 33 heavy (non-hydrogen) atoms. The number of nitrogens with zero attached hydrogens (tertiary/aromatic N) is 2. The number of fused-ring (bicyclic) bond motifs is 1. The molecule has 0 unspecified atom stereocenters. The molecule has 0 spiro atoms. The minimum absolute atomic E-state index is 0.278. The quantitative estimate of drug-likeness (QED) is 0.262. The van der Waals surface area contributed by atoms with Crippen LogP contribution >= 0.6 is 27.7 Å². The lowest BCUT2D eigenvalue weighted by molar-refractivity contribution is 0.00372. The Hall–Kier alpha value is -2.18. The van der Waals surface area contributed by atoms with E-state index in [1.165, 1.54) is 0 Å². The van der Waals surface area contributed by atoms with Crippen molar-refractivity contribution in [3.05, 3.63) is 106 Å². The van der Waals surface area contributed by atoms with Gasteiger partial charge in [0.1, 0.15) is 10.6 Å². The van der Waals surface area contributed by atoms with Gasteiger partial charge in [0, 0.05) is 22.3 Å². The third-order valence-corrected chi connectivity index (χ3v) is 7.31. The zero-order valence-corrected chi connectivity index (χ0v) is 21.6. The fraction of sp³-hybridized carbons (Fsp3) is 0.250. The highest BCUT2D eigenvalue weighted by Gasteiger charge is 2.41. The average molecular weight is 522 g/mol. The molecule has 0 aliphatic rings. The lowest BCUT2D eigenvalue weighted by Gasteiger charge is -2.39. The molecular weight excluding hydrogens is 492 g/mol. The topological polar surface area (TPSA) is 36.4 Å². The van der Waals surface area contributed by atoms with E-state index in [0.29, 0.717) is 6.42 Å². The number of aliphatic hydroxyl groups is 1. The predicted molar refractivity (Wildman–Crippen MR) is 143 cm³/mol. The summed E-state index contributed by atoms with van der Waals surface area (Å²) in [5.74, 6) is -0.278. The SMILES string of the molecule is CSc1nc2ccc(Br)cc2cc1[C@@H](c1ccccc1)[C@](O)(CCN(C)C)c1ccccc1. The Labute approximate surface area is 209 Å².